The van der Waals surface area contributed by atoms with Crippen molar-refractivity contribution in [1.82, 2.24) is 0 Å². The Morgan fingerprint density at radius 1 is 1.40 bits per heavy atom. The summed E-state index contributed by atoms with van der Waals surface area (Å²) in [4.78, 5) is 0. The molecule has 1 unspecified atom stereocenters. The lowest BCUT2D eigenvalue weighted by Gasteiger charge is -2.21. The van der Waals surface area contributed by atoms with Crippen LogP contribution < -0.4 is 0 Å². The third-order valence-corrected chi connectivity index (χ3v) is 1.57. The molecular weight excluding hydrogens is 128 g/mol. The molecule has 0 aromatic carbocycles. The van der Waals surface area contributed by atoms with Crippen molar-refractivity contribution < 1.29 is 9.84 Å². The molecule has 0 aromatic heterocycles. The number of ether oxygens (including phenoxy) is 1. The van der Waals surface area contributed by atoms with Crippen molar-refractivity contribution in [2.24, 2.45) is 0 Å². The van der Waals surface area contributed by atoms with Gasteiger partial charge < -0.3 is 9.84 Å². The topological polar surface area (TPSA) is 29.5 Å². The minimum Gasteiger partial charge on any atom is -0.366 e. The molecule has 0 aliphatic carbocycles. The summed E-state index contributed by atoms with van der Waals surface area (Å²) in [5.74, 6) is -0.908. The quantitative estimate of drug-likeness (QED) is 0.474. The summed E-state index contributed by atoms with van der Waals surface area (Å²) >= 11 is 0. The number of hydrogen-bond acceptors (Lipinski definition) is 2. The van der Waals surface area contributed by atoms with Crippen LogP contribution in [-0.4, -0.2) is 17.5 Å². The van der Waals surface area contributed by atoms with E-state index in [1.807, 2.05) is 6.92 Å². The summed E-state index contributed by atoms with van der Waals surface area (Å²) < 4.78 is 5.17. The summed E-state index contributed by atoms with van der Waals surface area (Å²) in [5, 5.41) is 9.33. The van der Waals surface area contributed by atoms with Gasteiger partial charge in [-0.3, -0.25) is 0 Å². The monoisotopic (exact) mass is 146 g/mol. The third-order valence-electron chi connectivity index (χ3n) is 1.57. The highest BCUT2D eigenvalue weighted by molar-refractivity contribution is 4.54. The van der Waals surface area contributed by atoms with Crippen LogP contribution in [0.2, 0.25) is 0 Å². The molecule has 2 nitrogen and oxygen atoms in total. The van der Waals surface area contributed by atoms with Crippen LogP contribution in [0, 0.1) is 0 Å². The molecule has 0 aliphatic rings. The first-order valence-electron chi connectivity index (χ1n) is 3.98. The Morgan fingerprint density at radius 2 is 2.00 bits per heavy atom. The molecular formula is C8H18O2. The summed E-state index contributed by atoms with van der Waals surface area (Å²) in [6, 6.07) is 0. The predicted molar refractivity (Wildman–Crippen MR) is 41.8 cm³/mol. The van der Waals surface area contributed by atoms with Gasteiger partial charge in [-0.2, -0.15) is 0 Å². The van der Waals surface area contributed by atoms with Gasteiger partial charge in [0.1, 0.15) is 0 Å². The van der Waals surface area contributed by atoms with Gasteiger partial charge in [0.15, 0.2) is 5.79 Å². The second-order valence-corrected chi connectivity index (χ2v) is 2.73. The van der Waals surface area contributed by atoms with Gasteiger partial charge in [-0.05, 0) is 19.8 Å². The molecule has 0 aromatic rings. The van der Waals surface area contributed by atoms with Crippen LogP contribution in [0.15, 0.2) is 0 Å². The van der Waals surface area contributed by atoms with E-state index in [2.05, 4.69) is 6.92 Å². The maximum atomic E-state index is 9.33. The Hall–Kier alpha value is -0.0800. The molecule has 10 heavy (non-hydrogen) atoms. The molecule has 1 atom stereocenters. The van der Waals surface area contributed by atoms with E-state index < -0.39 is 5.79 Å². The molecule has 0 saturated heterocycles. The average molecular weight is 146 g/mol. The van der Waals surface area contributed by atoms with E-state index in [4.69, 9.17) is 4.74 Å². The summed E-state index contributed by atoms with van der Waals surface area (Å²) in [6.45, 7) is 6.37. The van der Waals surface area contributed by atoms with Crippen LogP contribution in [0.5, 0.6) is 0 Å². The first kappa shape index (κ1) is 9.92. The highest BCUT2D eigenvalue weighted by atomic mass is 16.6. The summed E-state index contributed by atoms with van der Waals surface area (Å²) in [5.41, 5.74) is 0. The molecule has 0 spiro atoms. The molecule has 0 rings (SSSR count). The van der Waals surface area contributed by atoms with Crippen LogP contribution in [-0.2, 0) is 4.74 Å². The third kappa shape index (κ3) is 4.77. The van der Waals surface area contributed by atoms with Gasteiger partial charge in [-0.25, -0.2) is 0 Å². The average Bonchev–Trinajstić information content (AvgIpc) is 1.89. The van der Waals surface area contributed by atoms with Gasteiger partial charge in [0.2, 0.25) is 0 Å². The Morgan fingerprint density at radius 3 is 2.40 bits per heavy atom. The first-order chi connectivity index (χ1) is 4.62. The molecule has 0 radical (unpaired) electrons. The SMILES string of the molecule is CCCCOC(C)(O)CC. The second-order valence-electron chi connectivity index (χ2n) is 2.73. The Balaban J connectivity index is 3.28. The summed E-state index contributed by atoms with van der Waals surface area (Å²) in [7, 11) is 0. The van der Waals surface area contributed by atoms with Crippen molar-refractivity contribution in [3.63, 3.8) is 0 Å². The molecule has 62 valence electrons. The Labute approximate surface area is 63.2 Å². The van der Waals surface area contributed by atoms with Crippen molar-refractivity contribution in [3.05, 3.63) is 0 Å². The highest BCUT2D eigenvalue weighted by Gasteiger charge is 2.16. The number of hydrogen-bond donors (Lipinski definition) is 1. The molecule has 0 saturated carbocycles. The zero-order chi connectivity index (χ0) is 8.04. The lowest BCUT2D eigenvalue weighted by Crippen LogP contribution is -2.27. The predicted octanol–water partition coefficient (Wildman–Crippen LogP) is 1.92. The standard InChI is InChI=1S/C8H18O2/c1-4-6-7-10-8(3,9)5-2/h9H,4-7H2,1-3H3. The Bertz CT molecular complexity index is 79.3. The van der Waals surface area contributed by atoms with Gasteiger partial charge in [0.25, 0.3) is 0 Å². The molecule has 0 aliphatic heterocycles. The minimum atomic E-state index is -0.908. The van der Waals surface area contributed by atoms with E-state index in [1.165, 1.54) is 0 Å². The summed E-state index contributed by atoms with van der Waals surface area (Å²) in [6.07, 6.45) is 2.78. The van der Waals surface area contributed by atoms with Crippen molar-refractivity contribution in [2.45, 2.75) is 45.8 Å². The largest absolute Gasteiger partial charge is 0.366 e. The fourth-order valence-electron chi connectivity index (χ4n) is 0.538. The van der Waals surface area contributed by atoms with E-state index in [-0.39, 0.29) is 0 Å². The molecule has 0 amide bonds. The lowest BCUT2D eigenvalue weighted by molar-refractivity contribution is -0.191. The lowest BCUT2D eigenvalue weighted by atomic mass is 10.2. The van der Waals surface area contributed by atoms with E-state index in [0.29, 0.717) is 13.0 Å². The fraction of sp³-hybridized carbons (Fsp3) is 1.00. The first-order valence-corrected chi connectivity index (χ1v) is 3.98. The minimum absolute atomic E-state index is 0.650. The van der Waals surface area contributed by atoms with Gasteiger partial charge in [-0.15, -0.1) is 0 Å². The van der Waals surface area contributed by atoms with E-state index in [9.17, 15) is 5.11 Å². The van der Waals surface area contributed by atoms with E-state index >= 15 is 0 Å². The van der Waals surface area contributed by atoms with Crippen molar-refractivity contribution in [2.75, 3.05) is 6.61 Å². The number of aliphatic hydroxyl groups is 1. The number of unbranched alkanes of at least 4 members (excludes halogenated alkanes) is 1. The second kappa shape index (κ2) is 4.69. The zero-order valence-electron chi connectivity index (χ0n) is 7.18. The molecule has 0 heterocycles. The highest BCUT2D eigenvalue weighted by Crippen LogP contribution is 2.10. The van der Waals surface area contributed by atoms with Gasteiger partial charge in [0, 0.05) is 6.61 Å². The Kier molecular flexibility index (Phi) is 4.65. The smallest absolute Gasteiger partial charge is 0.162 e. The van der Waals surface area contributed by atoms with Crippen molar-refractivity contribution in [3.8, 4) is 0 Å². The molecule has 0 fully saturated rings. The fourth-order valence-corrected chi connectivity index (χ4v) is 0.538. The van der Waals surface area contributed by atoms with Crippen LogP contribution in [0.3, 0.4) is 0 Å². The van der Waals surface area contributed by atoms with Gasteiger partial charge in [0.05, 0.1) is 0 Å². The maximum absolute atomic E-state index is 9.33. The van der Waals surface area contributed by atoms with E-state index in [0.717, 1.165) is 12.8 Å². The molecule has 1 N–H and O–H groups in total. The van der Waals surface area contributed by atoms with Gasteiger partial charge in [-0.1, -0.05) is 20.3 Å². The van der Waals surface area contributed by atoms with Crippen LogP contribution in [0.4, 0.5) is 0 Å². The van der Waals surface area contributed by atoms with Gasteiger partial charge >= 0.3 is 0 Å². The maximum Gasteiger partial charge on any atom is 0.162 e. The van der Waals surface area contributed by atoms with Crippen LogP contribution in [0.25, 0.3) is 0 Å². The molecule has 0 bridgehead atoms. The van der Waals surface area contributed by atoms with E-state index in [1.54, 1.807) is 6.92 Å². The van der Waals surface area contributed by atoms with Crippen LogP contribution in [0.1, 0.15) is 40.0 Å². The van der Waals surface area contributed by atoms with Crippen molar-refractivity contribution >= 4 is 0 Å². The molecule has 2 heteroatoms. The normalized spacial score (nSPS) is 16.8. The van der Waals surface area contributed by atoms with Crippen molar-refractivity contribution in [1.29, 1.82) is 0 Å². The number of rotatable bonds is 5. The van der Waals surface area contributed by atoms with Crippen LogP contribution >= 0.6 is 0 Å². The zero-order valence-corrected chi connectivity index (χ0v) is 7.18.